The first-order valence-corrected chi connectivity index (χ1v) is 15.1. The van der Waals surface area contributed by atoms with Crippen LogP contribution in [0.4, 0.5) is 11.4 Å². The van der Waals surface area contributed by atoms with Crippen LogP contribution in [-0.2, 0) is 37.2 Å². The summed E-state index contributed by atoms with van der Waals surface area (Å²) in [5, 5.41) is 5.54. The topological polar surface area (TPSA) is 194 Å². The highest BCUT2D eigenvalue weighted by molar-refractivity contribution is 7.92. The number of nitrogens with two attached hydrogens (primary N) is 3. The molecule has 0 aliphatic carbocycles. The molecule has 3 amide bonds. The predicted molar refractivity (Wildman–Crippen MR) is 155 cm³/mol. The van der Waals surface area contributed by atoms with Crippen LogP contribution in [0, 0.1) is 0 Å². The van der Waals surface area contributed by atoms with Gasteiger partial charge in [0.1, 0.15) is 6.04 Å². The molecule has 1 heterocycles. The quantitative estimate of drug-likeness (QED) is 0.200. The van der Waals surface area contributed by atoms with Crippen molar-refractivity contribution in [2.24, 2.45) is 17.2 Å². The molecule has 0 saturated carbocycles. The zero-order valence-corrected chi connectivity index (χ0v) is 23.5. The van der Waals surface area contributed by atoms with E-state index in [0.717, 1.165) is 17.4 Å². The predicted octanol–water partition coefficient (Wildman–Crippen LogP) is -0.472. The molecule has 8 N–H and O–H groups in total. The van der Waals surface area contributed by atoms with Crippen molar-refractivity contribution in [3.05, 3.63) is 59.7 Å². The van der Waals surface area contributed by atoms with Crippen LogP contribution >= 0.6 is 0 Å². The summed E-state index contributed by atoms with van der Waals surface area (Å²) in [6.45, 7) is 1.45. The molecular formula is C27H39N7O5S. The summed E-state index contributed by atoms with van der Waals surface area (Å²) in [6.07, 6.45) is 2.24. The highest BCUT2D eigenvalue weighted by atomic mass is 32.2. The van der Waals surface area contributed by atoms with Crippen LogP contribution < -0.4 is 32.1 Å². The van der Waals surface area contributed by atoms with Crippen LogP contribution in [0.2, 0.25) is 0 Å². The summed E-state index contributed by atoms with van der Waals surface area (Å²) in [4.78, 5) is 40.4. The third-order valence-corrected chi connectivity index (χ3v) is 7.86. The van der Waals surface area contributed by atoms with Crippen molar-refractivity contribution < 1.29 is 22.8 Å². The van der Waals surface area contributed by atoms with Crippen LogP contribution in [0.5, 0.6) is 0 Å². The van der Waals surface area contributed by atoms with Crippen LogP contribution in [0.15, 0.2) is 48.5 Å². The molecule has 12 nitrogen and oxygen atoms in total. The van der Waals surface area contributed by atoms with Gasteiger partial charge in [0.2, 0.25) is 27.7 Å². The zero-order valence-electron chi connectivity index (χ0n) is 22.7. The van der Waals surface area contributed by atoms with E-state index in [2.05, 4.69) is 10.6 Å². The van der Waals surface area contributed by atoms with Gasteiger partial charge in [0, 0.05) is 38.4 Å². The number of aryl methyl sites for hydroxylation is 1. The maximum absolute atomic E-state index is 13.3. The van der Waals surface area contributed by atoms with Gasteiger partial charge < -0.3 is 32.7 Å². The standard InChI is InChI=1S/C27H39N7O5S/c1-40(38,39)34-14-11-20-17-21(8-10-24(20)34)31-27(37)23(9-7-19-5-3-2-4-6-19)32-26(36)22(30)18-25(35)33(15-12-28)16-13-29/h2-6,8,10,17,22-23H,7,9,11-16,18,28-30H2,1H3,(H,31,37)(H,32,36). The SMILES string of the molecule is CS(=O)(=O)N1CCc2cc(NC(=O)C(CCc3ccccc3)NC(=O)C(N)CC(=O)N(CCN)CCN)ccc21. The molecule has 2 aromatic carbocycles. The second-order valence-electron chi connectivity index (χ2n) is 9.77. The van der Waals surface area contributed by atoms with Gasteiger partial charge in [-0.25, -0.2) is 8.42 Å². The molecule has 40 heavy (non-hydrogen) atoms. The number of fused-ring (bicyclic) bond motifs is 1. The Bertz CT molecular complexity index is 1280. The number of rotatable bonds is 14. The highest BCUT2D eigenvalue weighted by Crippen LogP contribution is 2.32. The van der Waals surface area contributed by atoms with Gasteiger partial charge >= 0.3 is 0 Å². The van der Waals surface area contributed by atoms with Gasteiger partial charge in [-0.3, -0.25) is 18.7 Å². The molecule has 0 bridgehead atoms. The first-order chi connectivity index (χ1) is 19.0. The first kappa shape index (κ1) is 31.0. The maximum Gasteiger partial charge on any atom is 0.246 e. The number of sulfonamides is 1. The van der Waals surface area contributed by atoms with E-state index in [1.165, 1.54) is 9.21 Å². The number of hydrogen-bond acceptors (Lipinski definition) is 8. The van der Waals surface area contributed by atoms with E-state index in [0.29, 0.717) is 50.3 Å². The average molecular weight is 574 g/mol. The summed E-state index contributed by atoms with van der Waals surface area (Å²) in [5.41, 5.74) is 20.1. The summed E-state index contributed by atoms with van der Waals surface area (Å²) in [7, 11) is -3.39. The van der Waals surface area contributed by atoms with Gasteiger partial charge in [0.25, 0.3) is 0 Å². The van der Waals surface area contributed by atoms with E-state index in [-0.39, 0.29) is 25.4 Å². The number of nitrogens with one attached hydrogen (secondary N) is 2. The normalized spacial score (nSPS) is 14.2. The van der Waals surface area contributed by atoms with E-state index in [1.807, 2.05) is 30.3 Å². The van der Waals surface area contributed by atoms with Crippen LogP contribution in [0.25, 0.3) is 0 Å². The molecule has 2 atom stereocenters. The molecular weight excluding hydrogens is 534 g/mol. The number of amides is 3. The Labute approximate surface area is 235 Å². The van der Waals surface area contributed by atoms with Crippen molar-refractivity contribution >= 4 is 39.1 Å². The minimum atomic E-state index is -3.39. The number of carbonyl (C=O) groups excluding carboxylic acids is 3. The Morgan fingerprint density at radius 1 is 1.02 bits per heavy atom. The molecule has 0 aromatic heterocycles. The number of benzene rings is 2. The average Bonchev–Trinajstić information content (AvgIpc) is 3.35. The Balaban J connectivity index is 1.71. The lowest BCUT2D eigenvalue weighted by molar-refractivity contribution is -0.134. The number of nitrogens with zero attached hydrogens (tertiary/aromatic N) is 2. The molecule has 0 saturated heterocycles. The van der Waals surface area contributed by atoms with Crippen molar-refractivity contribution in [1.82, 2.24) is 10.2 Å². The molecule has 3 rings (SSSR count). The molecule has 2 aromatic rings. The van der Waals surface area contributed by atoms with E-state index in [4.69, 9.17) is 17.2 Å². The fourth-order valence-electron chi connectivity index (χ4n) is 4.61. The van der Waals surface area contributed by atoms with E-state index in [9.17, 15) is 22.8 Å². The third kappa shape index (κ3) is 8.49. The Morgan fingerprint density at radius 3 is 2.33 bits per heavy atom. The van der Waals surface area contributed by atoms with Crippen molar-refractivity contribution in [1.29, 1.82) is 0 Å². The summed E-state index contributed by atoms with van der Waals surface area (Å²) >= 11 is 0. The largest absolute Gasteiger partial charge is 0.343 e. The molecule has 0 fully saturated rings. The van der Waals surface area contributed by atoms with Gasteiger partial charge in [0.05, 0.1) is 24.4 Å². The second kappa shape index (κ2) is 14.2. The van der Waals surface area contributed by atoms with Gasteiger partial charge in [-0.1, -0.05) is 30.3 Å². The molecule has 13 heteroatoms. The number of hydrogen-bond donors (Lipinski definition) is 5. The molecule has 1 aliphatic rings. The summed E-state index contributed by atoms with van der Waals surface area (Å²) < 4.78 is 25.4. The smallest absolute Gasteiger partial charge is 0.246 e. The second-order valence-corrected chi connectivity index (χ2v) is 11.7. The minimum absolute atomic E-state index is 0.249. The highest BCUT2D eigenvalue weighted by Gasteiger charge is 2.28. The van der Waals surface area contributed by atoms with Crippen molar-refractivity contribution in [2.75, 3.05) is 48.6 Å². The lowest BCUT2D eigenvalue weighted by Gasteiger charge is -2.24. The Morgan fingerprint density at radius 2 is 1.70 bits per heavy atom. The maximum atomic E-state index is 13.3. The van der Waals surface area contributed by atoms with Gasteiger partial charge in [0.15, 0.2) is 0 Å². The van der Waals surface area contributed by atoms with Crippen LogP contribution in [0.1, 0.15) is 24.0 Å². The Kier molecular flexibility index (Phi) is 11.0. The third-order valence-electron chi connectivity index (χ3n) is 6.68. The lowest BCUT2D eigenvalue weighted by atomic mass is 10.0. The number of carbonyl (C=O) groups is 3. The monoisotopic (exact) mass is 573 g/mol. The molecule has 1 aliphatic heterocycles. The van der Waals surface area contributed by atoms with E-state index in [1.54, 1.807) is 18.2 Å². The number of anilines is 2. The van der Waals surface area contributed by atoms with Gasteiger partial charge in [-0.05, 0) is 48.6 Å². The molecule has 2 unspecified atom stereocenters. The fourth-order valence-corrected chi connectivity index (χ4v) is 5.57. The van der Waals surface area contributed by atoms with Gasteiger partial charge in [-0.2, -0.15) is 0 Å². The molecule has 0 spiro atoms. The fraction of sp³-hybridized carbons (Fsp3) is 0.444. The molecule has 0 radical (unpaired) electrons. The lowest BCUT2D eigenvalue weighted by Crippen LogP contribution is -2.52. The first-order valence-electron chi connectivity index (χ1n) is 13.2. The van der Waals surface area contributed by atoms with Crippen LogP contribution in [0.3, 0.4) is 0 Å². The van der Waals surface area contributed by atoms with Crippen molar-refractivity contribution in [2.45, 2.75) is 37.8 Å². The van der Waals surface area contributed by atoms with Crippen molar-refractivity contribution in [3.8, 4) is 0 Å². The van der Waals surface area contributed by atoms with Gasteiger partial charge in [-0.15, -0.1) is 0 Å². The minimum Gasteiger partial charge on any atom is -0.343 e. The zero-order chi connectivity index (χ0) is 29.3. The molecule has 218 valence electrons. The van der Waals surface area contributed by atoms with E-state index < -0.39 is 33.9 Å². The Hall–Kier alpha value is -3.52. The van der Waals surface area contributed by atoms with E-state index >= 15 is 0 Å². The summed E-state index contributed by atoms with van der Waals surface area (Å²) in [5.74, 6) is -1.42. The summed E-state index contributed by atoms with van der Waals surface area (Å²) in [6, 6.07) is 12.5. The van der Waals surface area contributed by atoms with Crippen LogP contribution in [-0.4, -0.2) is 82.1 Å². The van der Waals surface area contributed by atoms with Crippen molar-refractivity contribution in [3.63, 3.8) is 0 Å².